The Morgan fingerprint density at radius 1 is 0.964 bits per heavy atom. The Balaban J connectivity index is 3.18. The van der Waals surface area contributed by atoms with Crippen molar-refractivity contribution in [2.45, 2.75) is 123 Å². The van der Waals surface area contributed by atoms with E-state index in [0.29, 0.717) is 25.9 Å². The second-order valence-corrected chi connectivity index (χ2v) is 8.68. The fraction of sp³-hybridized carbons (Fsp3) is 0.913. The van der Waals surface area contributed by atoms with Gasteiger partial charge in [-0.3, -0.25) is 9.59 Å². The molecule has 0 saturated heterocycles. The zero-order valence-electron chi connectivity index (χ0n) is 19.0. The average Bonchev–Trinajstić information content (AvgIpc) is 2.65. The summed E-state index contributed by atoms with van der Waals surface area (Å²) in [7, 11) is 0. The molecule has 0 aromatic rings. The highest BCUT2D eigenvalue weighted by Crippen LogP contribution is 2.46. The molecule has 1 aliphatic carbocycles. The minimum Gasteiger partial charge on any atom is -0.455 e. The first-order valence-electron chi connectivity index (χ1n) is 11.3. The van der Waals surface area contributed by atoms with Crippen molar-refractivity contribution in [2.75, 3.05) is 6.61 Å². The highest BCUT2D eigenvalue weighted by atomic mass is 16.6. The van der Waals surface area contributed by atoms with Crippen LogP contribution in [0.15, 0.2) is 0 Å². The molecule has 3 atom stereocenters. The largest absolute Gasteiger partial charge is 0.455 e. The molecule has 0 aromatic heterocycles. The van der Waals surface area contributed by atoms with Crippen molar-refractivity contribution in [1.82, 2.24) is 0 Å². The van der Waals surface area contributed by atoms with Crippen LogP contribution in [0.25, 0.3) is 0 Å². The van der Waals surface area contributed by atoms with Gasteiger partial charge in [0.15, 0.2) is 6.10 Å². The molecule has 1 rings (SSSR count). The van der Waals surface area contributed by atoms with Crippen LogP contribution in [0.4, 0.5) is 0 Å². The van der Waals surface area contributed by atoms with E-state index < -0.39 is 17.3 Å². The van der Waals surface area contributed by atoms with Crippen LogP contribution in [-0.4, -0.2) is 35.9 Å². The monoisotopic (exact) mass is 398 g/mol. The van der Waals surface area contributed by atoms with Crippen LogP contribution in [0.5, 0.6) is 0 Å². The minimum atomic E-state index is -0.858. The fourth-order valence-corrected chi connectivity index (χ4v) is 4.17. The summed E-state index contributed by atoms with van der Waals surface area (Å²) in [6, 6.07) is 0. The molecule has 0 aliphatic heterocycles. The van der Waals surface area contributed by atoms with E-state index in [9.17, 15) is 9.59 Å². The molecule has 5 heteroatoms. The second kappa shape index (κ2) is 11.8. The van der Waals surface area contributed by atoms with Gasteiger partial charge in [-0.15, -0.1) is 0 Å². The molecule has 1 saturated carbocycles. The normalized spacial score (nSPS) is 27.6. The third-order valence-corrected chi connectivity index (χ3v) is 5.86. The van der Waals surface area contributed by atoms with Crippen molar-refractivity contribution in [1.29, 1.82) is 0 Å². The Bertz CT molecular complexity index is 489. The number of hydrogen-bond acceptors (Lipinski definition) is 5. The predicted octanol–water partition coefficient (Wildman–Crippen LogP) is 5.59. The van der Waals surface area contributed by atoms with Gasteiger partial charge >= 0.3 is 11.9 Å². The zero-order valence-corrected chi connectivity index (χ0v) is 19.0. The van der Waals surface area contributed by atoms with E-state index in [4.69, 9.17) is 14.2 Å². The molecule has 0 heterocycles. The van der Waals surface area contributed by atoms with Crippen molar-refractivity contribution in [2.24, 2.45) is 5.92 Å². The van der Waals surface area contributed by atoms with Gasteiger partial charge in [0, 0.05) is 19.4 Å². The summed E-state index contributed by atoms with van der Waals surface area (Å²) in [5, 5.41) is 0. The lowest BCUT2D eigenvalue weighted by atomic mass is 9.68. The molecule has 0 bridgehead atoms. The number of carbonyl (C=O) groups is 2. The van der Waals surface area contributed by atoms with Crippen molar-refractivity contribution in [3.63, 3.8) is 0 Å². The van der Waals surface area contributed by atoms with Crippen molar-refractivity contribution < 1.29 is 23.8 Å². The fourth-order valence-electron chi connectivity index (χ4n) is 4.17. The molecule has 0 spiro atoms. The molecule has 0 N–H and O–H groups in total. The molecular weight excluding hydrogens is 356 g/mol. The van der Waals surface area contributed by atoms with E-state index in [0.717, 1.165) is 44.9 Å². The lowest BCUT2D eigenvalue weighted by Crippen LogP contribution is -2.65. The quantitative estimate of drug-likeness (QED) is 0.401. The minimum absolute atomic E-state index is 0.136. The Hall–Kier alpha value is -1.10. The molecule has 1 aliphatic rings. The van der Waals surface area contributed by atoms with Crippen LogP contribution in [0.1, 0.15) is 106 Å². The summed E-state index contributed by atoms with van der Waals surface area (Å²) in [5.41, 5.74) is -1.49. The van der Waals surface area contributed by atoms with Gasteiger partial charge in [0.1, 0.15) is 11.2 Å². The molecule has 28 heavy (non-hydrogen) atoms. The number of carbonyl (C=O) groups excluding carboxylic acids is 2. The summed E-state index contributed by atoms with van der Waals surface area (Å²) < 4.78 is 18.4. The topological polar surface area (TPSA) is 61.8 Å². The number of ether oxygens (including phenoxy) is 3. The Kier molecular flexibility index (Phi) is 10.5. The maximum Gasteiger partial charge on any atom is 0.306 e. The third-order valence-electron chi connectivity index (χ3n) is 5.86. The summed E-state index contributed by atoms with van der Waals surface area (Å²) in [6.07, 6.45) is 6.92. The van der Waals surface area contributed by atoms with Gasteiger partial charge in [0.25, 0.3) is 0 Å². The predicted molar refractivity (Wildman–Crippen MR) is 111 cm³/mol. The summed E-state index contributed by atoms with van der Waals surface area (Å²) >= 11 is 0. The van der Waals surface area contributed by atoms with Gasteiger partial charge in [0.05, 0.1) is 0 Å². The smallest absolute Gasteiger partial charge is 0.306 e. The highest BCUT2D eigenvalue weighted by molar-refractivity contribution is 5.71. The third kappa shape index (κ3) is 6.47. The van der Waals surface area contributed by atoms with Crippen LogP contribution in [0.3, 0.4) is 0 Å². The van der Waals surface area contributed by atoms with Gasteiger partial charge < -0.3 is 14.2 Å². The first-order chi connectivity index (χ1) is 13.3. The standard InChI is InChI=1S/C23H42O5/c1-7-10-13-19(24)27-21-22(6,28-20(25)14-11-8-2)15-12-16-23(21,18(4)5)26-17-9-3/h18,21H,7-17H2,1-6H3. The van der Waals surface area contributed by atoms with Crippen LogP contribution in [0.2, 0.25) is 0 Å². The van der Waals surface area contributed by atoms with Crippen molar-refractivity contribution in [3.8, 4) is 0 Å². The lowest BCUT2D eigenvalue weighted by molar-refractivity contribution is -0.252. The Labute approximate surface area is 171 Å². The number of rotatable bonds is 12. The van der Waals surface area contributed by atoms with Gasteiger partial charge in [-0.2, -0.15) is 0 Å². The van der Waals surface area contributed by atoms with E-state index in [1.165, 1.54) is 0 Å². The zero-order chi connectivity index (χ0) is 21.2. The second-order valence-electron chi connectivity index (χ2n) is 8.68. The molecule has 1 fully saturated rings. The van der Waals surface area contributed by atoms with Crippen molar-refractivity contribution in [3.05, 3.63) is 0 Å². The van der Waals surface area contributed by atoms with E-state index in [2.05, 4.69) is 34.6 Å². The molecule has 0 radical (unpaired) electrons. The van der Waals surface area contributed by atoms with Gasteiger partial charge in [-0.05, 0) is 51.4 Å². The summed E-state index contributed by atoms with van der Waals surface area (Å²) in [6.45, 7) is 12.9. The first kappa shape index (κ1) is 24.9. The molecule has 5 nitrogen and oxygen atoms in total. The van der Waals surface area contributed by atoms with Crippen LogP contribution >= 0.6 is 0 Å². The maximum absolute atomic E-state index is 12.6. The highest BCUT2D eigenvalue weighted by Gasteiger charge is 2.58. The molecule has 164 valence electrons. The lowest BCUT2D eigenvalue weighted by Gasteiger charge is -2.53. The summed E-state index contributed by atoms with van der Waals surface area (Å²) in [5.74, 6) is -0.305. The first-order valence-corrected chi connectivity index (χ1v) is 11.3. The number of hydrogen-bond donors (Lipinski definition) is 0. The number of unbranched alkanes of at least 4 members (excludes halogenated alkanes) is 2. The SMILES string of the molecule is CCCCC(=O)OC1C(C)(OC(=O)CCCC)CCCC1(OCCC)C(C)C. The van der Waals surface area contributed by atoms with Gasteiger partial charge in [-0.1, -0.05) is 47.5 Å². The van der Waals surface area contributed by atoms with Gasteiger partial charge in [-0.25, -0.2) is 0 Å². The maximum atomic E-state index is 12.6. The van der Waals surface area contributed by atoms with Crippen LogP contribution < -0.4 is 0 Å². The number of esters is 2. The average molecular weight is 399 g/mol. The molecule has 0 amide bonds. The Morgan fingerprint density at radius 3 is 2.11 bits per heavy atom. The summed E-state index contributed by atoms with van der Waals surface area (Å²) in [4.78, 5) is 25.1. The van der Waals surface area contributed by atoms with E-state index in [1.54, 1.807) is 0 Å². The Morgan fingerprint density at radius 2 is 1.57 bits per heavy atom. The van der Waals surface area contributed by atoms with Crippen molar-refractivity contribution >= 4 is 11.9 Å². The van der Waals surface area contributed by atoms with Crippen LogP contribution in [-0.2, 0) is 23.8 Å². The molecular formula is C23H42O5. The van der Waals surface area contributed by atoms with E-state index in [1.807, 2.05) is 6.92 Å². The molecule has 3 unspecified atom stereocenters. The van der Waals surface area contributed by atoms with E-state index in [-0.39, 0.29) is 17.9 Å². The van der Waals surface area contributed by atoms with Gasteiger partial charge in [0.2, 0.25) is 0 Å². The van der Waals surface area contributed by atoms with Crippen LogP contribution in [0, 0.1) is 5.92 Å². The molecule has 0 aromatic carbocycles. The van der Waals surface area contributed by atoms with E-state index >= 15 is 0 Å².